The zero-order chi connectivity index (χ0) is 23.3. The molecule has 1 aliphatic rings. The molecule has 0 spiro atoms. The Morgan fingerprint density at radius 3 is 2.52 bits per heavy atom. The molecule has 0 amide bonds. The number of hydrogen-bond donors (Lipinski definition) is 0. The molecule has 1 atom stereocenters. The first-order valence-corrected chi connectivity index (χ1v) is 11.6. The van der Waals surface area contributed by atoms with Gasteiger partial charge in [-0.3, -0.25) is 13.9 Å². The van der Waals surface area contributed by atoms with Crippen molar-refractivity contribution in [2.75, 3.05) is 11.4 Å². The van der Waals surface area contributed by atoms with Gasteiger partial charge in [-0.2, -0.15) is 4.98 Å². The second kappa shape index (κ2) is 8.23. The Bertz CT molecular complexity index is 1470. The molecule has 0 bridgehead atoms. The number of aromatic nitrogens is 4. The highest BCUT2D eigenvalue weighted by Crippen LogP contribution is 2.33. The number of aryl methyl sites for hydroxylation is 2. The van der Waals surface area contributed by atoms with Gasteiger partial charge in [-0.25, -0.2) is 4.79 Å². The first kappa shape index (κ1) is 21.5. The van der Waals surface area contributed by atoms with Gasteiger partial charge < -0.3 is 9.47 Å². The molecular weight excluding hydrogens is 438 g/mol. The minimum Gasteiger partial charge on any atom is -0.312 e. The molecule has 5 rings (SSSR count). The highest BCUT2D eigenvalue weighted by molar-refractivity contribution is 6.30. The van der Waals surface area contributed by atoms with Gasteiger partial charge in [0.1, 0.15) is 0 Å². The van der Waals surface area contributed by atoms with Crippen molar-refractivity contribution in [2.24, 2.45) is 13.0 Å². The Hall–Kier alpha value is -3.32. The van der Waals surface area contributed by atoms with Crippen molar-refractivity contribution < 1.29 is 0 Å². The van der Waals surface area contributed by atoms with Crippen LogP contribution < -0.4 is 16.1 Å². The van der Waals surface area contributed by atoms with Gasteiger partial charge in [0.2, 0.25) is 5.95 Å². The highest BCUT2D eigenvalue weighted by atomic mass is 35.5. The maximum absolute atomic E-state index is 13.6. The Labute approximate surface area is 196 Å². The van der Waals surface area contributed by atoms with E-state index in [-0.39, 0.29) is 12.1 Å². The predicted octanol–water partition coefficient (Wildman–Crippen LogP) is 3.95. The van der Waals surface area contributed by atoms with Crippen LogP contribution in [0.5, 0.6) is 0 Å². The monoisotopic (exact) mass is 463 g/mol. The highest BCUT2D eigenvalue weighted by Gasteiger charge is 2.29. The lowest BCUT2D eigenvalue weighted by Gasteiger charge is -2.33. The second-order valence-electron chi connectivity index (χ2n) is 8.79. The summed E-state index contributed by atoms with van der Waals surface area (Å²) in [6.07, 6.45) is 0.976. The fourth-order valence-electron chi connectivity index (χ4n) is 4.59. The Kier molecular flexibility index (Phi) is 5.37. The number of halogens is 1. The molecule has 0 saturated carbocycles. The summed E-state index contributed by atoms with van der Waals surface area (Å²) in [7, 11) is 1.67. The van der Waals surface area contributed by atoms with E-state index in [4.69, 9.17) is 16.6 Å². The number of imidazole rings is 1. The lowest BCUT2D eigenvalue weighted by Crippen LogP contribution is -2.40. The molecule has 2 aromatic heterocycles. The maximum Gasteiger partial charge on any atom is 0.332 e. The fraction of sp³-hybridized carbons (Fsp3) is 0.320. The van der Waals surface area contributed by atoms with E-state index in [0.717, 1.165) is 24.2 Å². The summed E-state index contributed by atoms with van der Waals surface area (Å²) in [5.74, 6) is 0.999. The molecule has 0 aliphatic carbocycles. The van der Waals surface area contributed by atoms with Crippen LogP contribution in [0.4, 0.5) is 11.6 Å². The number of rotatable bonds is 4. The van der Waals surface area contributed by atoms with E-state index < -0.39 is 5.69 Å². The predicted molar refractivity (Wildman–Crippen MR) is 132 cm³/mol. The van der Waals surface area contributed by atoms with Crippen molar-refractivity contribution in [3.8, 4) is 0 Å². The van der Waals surface area contributed by atoms with Gasteiger partial charge in [0, 0.05) is 30.8 Å². The van der Waals surface area contributed by atoms with Crippen molar-refractivity contribution in [3.63, 3.8) is 0 Å². The van der Waals surface area contributed by atoms with Crippen LogP contribution in [0.3, 0.4) is 0 Å². The smallest absolute Gasteiger partial charge is 0.312 e. The van der Waals surface area contributed by atoms with E-state index in [2.05, 4.69) is 43.0 Å². The molecule has 1 unspecified atom stereocenters. The van der Waals surface area contributed by atoms with Crippen molar-refractivity contribution in [1.29, 1.82) is 0 Å². The summed E-state index contributed by atoms with van der Waals surface area (Å²) in [4.78, 5) is 33.6. The zero-order valence-electron chi connectivity index (χ0n) is 19.0. The third kappa shape index (κ3) is 3.66. The van der Waals surface area contributed by atoms with Crippen molar-refractivity contribution in [1.82, 2.24) is 18.7 Å². The summed E-state index contributed by atoms with van der Waals surface area (Å²) in [5, 5.41) is 0.568. The number of hydrogen-bond acceptors (Lipinski definition) is 4. The van der Waals surface area contributed by atoms with Gasteiger partial charge in [-0.15, -0.1) is 0 Å². The summed E-state index contributed by atoms with van der Waals surface area (Å²) in [6.45, 7) is 5.90. The van der Waals surface area contributed by atoms with Crippen LogP contribution >= 0.6 is 11.6 Å². The van der Waals surface area contributed by atoms with Gasteiger partial charge >= 0.3 is 5.69 Å². The molecule has 2 aromatic carbocycles. The van der Waals surface area contributed by atoms with E-state index in [1.807, 2.05) is 16.7 Å². The Morgan fingerprint density at radius 2 is 1.82 bits per heavy atom. The molecular formula is C25H26ClN5O2. The van der Waals surface area contributed by atoms with Gasteiger partial charge in [0.15, 0.2) is 11.2 Å². The molecule has 3 heterocycles. The van der Waals surface area contributed by atoms with Crippen LogP contribution in [-0.4, -0.2) is 25.2 Å². The van der Waals surface area contributed by atoms with Crippen LogP contribution in [-0.2, 0) is 26.6 Å². The molecule has 170 valence electrons. The molecule has 0 N–H and O–H groups in total. The average molecular weight is 464 g/mol. The normalized spacial score (nSPS) is 15.8. The second-order valence-corrected chi connectivity index (χ2v) is 9.23. The van der Waals surface area contributed by atoms with Gasteiger partial charge in [-0.05, 0) is 47.7 Å². The van der Waals surface area contributed by atoms with Gasteiger partial charge in [0.05, 0.1) is 6.54 Å². The summed E-state index contributed by atoms with van der Waals surface area (Å²) >= 11 is 6.11. The van der Waals surface area contributed by atoms with E-state index in [1.54, 1.807) is 19.2 Å². The van der Waals surface area contributed by atoms with Crippen LogP contribution in [0.1, 0.15) is 25.0 Å². The molecule has 1 aliphatic heterocycles. The average Bonchev–Trinajstić information content (AvgIpc) is 3.19. The molecule has 0 saturated heterocycles. The number of anilines is 2. The number of fused-ring (bicyclic) bond motifs is 3. The fourth-order valence-corrected chi connectivity index (χ4v) is 4.80. The van der Waals surface area contributed by atoms with Crippen LogP contribution in [0.25, 0.3) is 11.2 Å². The zero-order valence-corrected chi connectivity index (χ0v) is 19.7. The van der Waals surface area contributed by atoms with E-state index in [0.29, 0.717) is 34.6 Å². The minimum absolute atomic E-state index is 0.153. The maximum atomic E-state index is 13.6. The topological polar surface area (TPSA) is 65.1 Å². The minimum atomic E-state index is -0.394. The first-order valence-electron chi connectivity index (χ1n) is 11.2. The lowest BCUT2D eigenvalue weighted by molar-refractivity contribution is 0.458. The third-order valence-electron chi connectivity index (χ3n) is 6.33. The molecule has 0 fully saturated rings. The standard InChI is InChI=1S/C25H26ClN5O2/c1-4-17-8-10-20(11-9-17)29-13-16(2)14-30-21-22(27-24(29)30)28(3)25(33)31(23(21)32)15-18-6-5-7-19(26)12-18/h5-12,16H,4,13-15H2,1-3H3. The van der Waals surface area contributed by atoms with E-state index >= 15 is 0 Å². The molecule has 4 aromatic rings. The summed E-state index contributed by atoms with van der Waals surface area (Å²) in [6, 6.07) is 15.6. The van der Waals surface area contributed by atoms with Crippen molar-refractivity contribution in [3.05, 3.63) is 85.5 Å². The molecule has 33 heavy (non-hydrogen) atoms. The van der Waals surface area contributed by atoms with Crippen molar-refractivity contribution >= 4 is 34.4 Å². The molecule has 0 radical (unpaired) electrons. The van der Waals surface area contributed by atoms with E-state index in [9.17, 15) is 9.59 Å². The summed E-state index contributed by atoms with van der Waals surface area (Å²) in [5.41, 5.74) is 3.23. The van der Waals surface area contributed by atoms with Gasteiger partial charge in [0.25, 0.3) is 5.56 Å². The van der Waals surface area contributed by atoms with Crippen molar-refractivity contribution in [2.45, 2.75) is 33.4 Å². The Balaban J connectivity index is 1.69. The van der Waals surface area contributed by atoms with Crippen LogP contribution in [0.2, 0.25) is 5.02 Å². The molecule has 7 nitrogen and oxygen atoms in total. The van der Waals surface area contributed by atoms with Crippen LogP contribution in [0, 0.1) is 5.92 Å². The largest absolute Gasteiger partial charge is 0.332 e. The Morgan fingerprint density at radius 1 is 1.06 bits per heavy atom. The molecule has 8 heteroatoms. The quantitative estimate of drug-likeness (QED) is 0.459. The van der Waals surface area contributed by atoms with Gasteiger partial charge in [-0.1, -0.05) is 49.7 Å². The van der Waals surface area contributed by atoms with Crippen LogP contribution in [0.15, 0.2) is 58.1 Å². The lowest BCUT2D eigenvalue weighted by atomic mass is 10.1. The summed E-state index contributed by atoms with van der Waals surface area (Å²) < 4.78 is 4.70. The number of benzene rings is 2. The van der Waals surface area contributed by atoms with E-state index in [1.165, 1.54) is 14.7 Å². The SMILES string of the molecule is CCc1ccc(N2CC(C)Cn3c2nc2c3c(=O)n(Cc3cccc(Cl)c3)c(=O)n2C)cc1. The number of nitrogens with zero attached hydrogens (tertiary/aromatic N) is 5. The third-order valence-corrected chi connectivity index (χ3v) is 6.56. The first-order chi connectivity index (χ1) is 15.9.